The molecule has 0 saturated carbocycles. The van der Waals surface area contributed by atoms with Gasteiger partial charge in [0.15, 0.2) is 0 Å². The quantitative estimate of drug-likeness (QED) is 0.609. The molecule has 0 amide bonds. The molecule has 2 rings (SSSR count). The van der Waals surface area contributed by atoms with Crippen LogP contribution in [0.3, 0.4) is 0 Å². The monoisotopic (exact) mass is 336 g/mol. The third kappa shape index (κ3) is 3.75. The molecular weight excluding hydrogens is 320 g/mol. The molecular formula is C15H17BrN2O2. The van der Waals surface area contributed by atoms with Crippen LogP contribution in [0.4, 0.5) is 0 Å². The number of halogens is 1. The zero-order valence-electron chi connectivity index (χ0n) is 11.6. The number of likely N-dealkylation sites (N-methyl/N-ethyl adjacent to an activating group) is 1. The molecule has 1 aliphatic heterocycles. The third-order valence-electron chi connectivity index (χ3n) is 3.24. The highest BCUT2D eigenvalue weighted by atomic mass is 79.9. The van der Waals surface area contributed by atoms with Crippen molar-refractivity contribution in [2.75, 3.05) is 40.3 Å². The van der Waals surface area contributed by atoms with Gasteiger partial charge in [0, 0.05) is 37.8 Å². The maximum absolute atomic E-state index is 12.0. The molecule has 0 unspecified atom stereocenters. The van der Waals surface area contributed by atoms with E-state index < -0.39 is 0 Å². The van der Waals surface area contributed by atoms with Crippen LogP contribution in [0.5, 0.6) is 5.75 Å². The van der Waals surface area contributed by atoms with E-state index in [0.717, 1.165) is 30.7 Å². The number of nitrogens with zero attached hydrogens (tertiary/aromatic N) is 2. The second-order valence-electron chi connectivity index (χ2n) is 4.71. The molecule has 1 heterocycles. The van der Waals surface area contributed by atoms with E-state index in [2.05, 4.69) is 39.8 Å². The molecule has 0 N–H and O–H groups in total. The summed E-state index contributed by atoms with van der Waals surface area (Å²) in [7, 11) is 3.68. The predicted molar refractivity (Wildman–Crippen MR) is 81.9 cm³/mol. The highest BCUT2D eigenvalue weighted by molar-refractivity contribution is 9.10. The van der Waals surface area contributed by atoms with Gasteiger partial charge in [-0.25, -0.2) is 0 Å². The topological polar surface area (TPSA) is 32.8 Å². The number of carbonyl (C=O) groups is 1. The van der Waals surface area contributed by atoms with Gasteiger partial charge < -0.3 is 14.5 Å². The maximum atomic E-state index is 12.0. The molecule has 0 aliphatic carbocycles. The van der Waals surface area contributed by atoms with Gasteiger partial charge in [0.25, 0.3) is 0 Å². The van der Waals surface area contributed by atoms with Gasteiger partial charge in [0.1, 0.15) is 5.75 Å². The highest BCUT2D eigenvalue weighted by Crippen LogP contribution is 2.25. The number of carbonyl (C=O) groups excluding carboxylic acids is 1. The third-order valence-corrected chi connectivity index (χ3v) is 3.86. The molecule has 0 radical (unpaired) electrons. The first-order valence-corrected chi connectivity index (χ1v) is 7.22. The predicted octanol–water partition coefficient (Wildman–Crippen LogP) is 1.85. The minimum atomic E-state index is -0.174. The zero-order chi connectivity index (χ0) is 14.5. The van der Waals surface area contributed by atoms with E-state index in [4.69, 9.17) is 4.74 Å². The van der Waals surface area contributed by atoms with Crippen molar-refractivity contribution < 1.29 is 9.53 Å². The largest absolute Gasteiger partial charge is 0.496 e. The molecule has 1 aliphatic rings. The fourth-order valence-corrected chi connectivity index (χ4v) is 2.47. The molecule has 5 heteroatoms. The van der Waals surface area contributed by atoms with E-state index in [0.29, 0.717) is 11.3 Å². The summed E-state index contributed by atoms with van der Waals surface area (Å²) in [6, 6.07) is 8.17. The van der Waals surface area contributed by atoms with Crippen LogP contribution in [0.25, 0.3) is 0 Å². The maximum Gasteiger partial charge on any atom is 0.237 e. The summed E-state index contributed by atoms with van der Waals surface area (Å²) in [5.41, 5.74) is 0.569. The lowest BCUT2D eigenvalue weighted by Gasteiger charge is -2.29. The number of hydrogen-bond donors (Lipinski definition) is 0. The van der Waals surface area contributed by atoms with E-state index >= 15 is 0 Å². The molecule has 0 aromatic heterocycles. The first-order valence-electron chi connectivity index (χ1n) is 6.43. The van der Waals surface area contributed by atoms with Gasteiger partial charge in [-0.2, -0.15) is 0 Å². The second kappa shape index (κ2) is 6.78. The highest BCUT2D eigenvalue weighted by Gasteiger charge is 2.11. The van der Waals surface area contributed by atoms with Crippen molar-refractivity contribution in [3.05, 3.63) is 28.2 Å². The number of rotatable bonds is 2. The Morgan fingerprint density at radius 3 is 2.60 bits per heavy atom. The Morgan fingerprint density at radius 2 is 2.00 bits per heavy atom. The average molecular weight is 337 g/mol. The van der Waals surface area contributed by atoms with Crippen molar-refractivity contribution in [3.63, 3.8) is 0 Å². The zero-order valence-corrected chi connectivity index (χ0v) is 13.2. The first kappa shape index (κ1) is 14.9. The Labute approximate surface area is 127 Å². The van der Waals surface area contributed by atoms with E-state index in [9.17, 15) is 4.79 Å². The van der Waals surface area contributed by atoms with E-state index in [1.807, 2.05) is 4.90 Å². The van der Waals surface area contributed by atoms with E-state index in [-0.39, 0.29) is 5.78 Å². The molecule has 0 bridgehead atoms. The van der Waals surface area contributed by atoms with Crippen molar-refractivity contribution in [3.8, 4) is 17.7 Å². The molecule has 1 aromatic rings. The van der Waals surface area contributed by atoms with Crippen LogP contribution in [-0.4, -0.2) is 55.9 Å². The van der Waals surface area contributed by atoms with Gasteiger partial charge in [0.05, 0.1) is 11.6 Å². The molecule has 20 heavy (non-hydrogen) atoms. The van der Waals surface area contributed by atoms with Gasteiger partial charge in [-0.15, -0.1) is 0 Å². The Kier molecular flexibility index (Phi) is 5.05. The molecule has 106 valence electrons. The average Bonchev–Trinajstić information content (AvgIpc) is 2.46. The number of methoxy groups -OCH3 is 1. The number of ketones is 1. The Morgan fingerprint density at radius 1 is 1.30 bits per heavy atom. The minimum Gasteiger partial charge on any atom is -0.496 e. The van der Waals surface area contributed by atoms with Crippen molar-refractivity contribution in [1.29, 1.82) is 0 Å². The van der Waals surface area contributed by atoms with Gasteiger partial charge in [-0.1, -0.05) is 0 Å². The Bertz CT molecular complexity index is 555. The van der Waals surface area contributed by atoms with Crippen molar-refractivity contribution in [2.45, 2.75) is 0 Å². The van der Waals surface area contributed by atoms with E-state index in [1.54, 1.807) is 25.3 Å². The summed E-state index contributed by atoms with van der Waals surface area (Å²) >= 11 is 3.37. The fraction of sp³-hybridized carbons (Fsp3) is 0.400. The lowest BCUT2D eigenvalue weighted by Crippen LogP contribution is -2.42. The van der Waals surface area contributed by atoms with Gasteiger partial charge in [-0.3, -0.25) is 4.79 Å². The van der Waals surface area contributed by atoms with Crippen LogP contribution < -0.4 is 4.74 Å². The number of piperazine rings is 1. The molecule has 4 nitrogen and oxygen atoms in total. The summed E-state index contributed by atoms with van der Waals surface area (Å²) in [5, 5.41) is 0. The minimum absolute atomic E-state index is 0.174. The second-order valence-corrected chi connectivity index (χ2v) is 5.56. The van der Waals surface area contributed by atoms with Crippen LogP contribution >= 0.6 is 15.9 Å². The lowest BCUT2D eigenvalue weighted by atomic mass is 10.1. The number of hydrogen-bond acceptors (Lipinski definition) is 4. The van der Waals surface area contributed by atoms with Gasteiger partial charge in [-0.05, 0) is 47.1 Å². The van der Waals surface area contributed by atoms with Crippen LogP contribution in [-0.2, 0) is 0 Å². The summed E-state index contributed by atoms with van der Waals surface area (Å²) in [6.45, 7) is 3.72. The van der Waals surface area contributed by atoms with Crippen LogP contribution in [0.2, 0.25) is 0 Å². The normalized spacial score (nSPS) is 15.4. The number of Topliss-reactive ketones (excluding diaryl/α,β-unsaturated/α-hetero) is 1. The van der Waals surface area contributed by atoms with E-state index in [1.165, 1.54) is 0 Å². The number of benzene rings is 1. The summed E-state index contributed by atoms with van der Waals surface area (Å²) < 4.78 is 5.89. The molecule has 0 atom stereocenters. The van der Waals surface area contributed by atoms with Crippen molar-refractivity contribution in [1.82, 2.24) is 9.80 Å². The summed E-state index contributed by atoms with van der Waals surface area (Å²) in [4.78, 5) is 16.3. The fourth-order valence-electron chi connectivity index (χ4n) is 1.93. The lowest BCUT2D eigenvalue weighted by molar-refractivity contribution is 0.105. The molecule has 1 aromatic carbocycles. The Balaban J connectivity index is 2.03. The SMILES string of the molecule is COc1ccc(C(=O)C#CN2CCN(C)CC2)cc1Br. The smallest absolute Gasteiger partial charge is 0.237 e. The van der Waals surface area contributed by atoms with Crippen molar-refractivity contribution in [2.24, 2.45) is 0 Å². The Hall–Kier alpha value is -1.51. The van der Waals surface area contributed by atoms with Gasteiger partial charge >= 0.3 is 0 Å². The van der Waals surface area contributed by atoms with Crippen LogP contribution in [0.15, 0.2) is 22.7 Å². The van der Waals surface area contributed by atoms with Gasteiger partial charge in [0.2, 0.25) is 5.78 Å². The first-order chi connectivity index (χ1) is 9.60. The summed E-state index contributed by atoms with van der Waals surface area (Å²) in [5.74, 6) is 3.23. The van der Waals surface area contributed by atoms with Crippen LogP contribution in [0, 0.1) is 12.0 Å². The standard InChI is InChI=1S/C15H17BrN2O2/c1-17-7-9-18(10-8-17)6-5-14(19)12-3-4-15(20-2)13(16)11-12/h3-4,11H,7-10H2,1-2H3. The van der Waals surface area contributed by atoms with Crippen molar-refractivity contribution >= 4 is 21.7 Å². The summed E-state index contributed by atoms with van der Waals surface area (Å²) in [6.07, 6.45) is 0. The number of ether oxygens (including phenoxy) is 1. The molecule has 1 saturated heterocycles. The van der Waals surface area contributed by atoms with Crippen LogP contribution in [0.1, 0.15) is 10.4 Å². The molecule has 0 spiro atoms. The molecule has 1 fully saturated rings.